The van der Waals surface area contributed by atoms with Gasteiger partial charge in [0.15, 0.2) is 0 Å². The molecule has 3 heterocycles. The van der Waals surface area contributed by atoms with Gasteiger partial charge in [-0.25, -0.2) is 9.97 Å². The van der Waals surface area contributed by atoms with Crippen molar-refractivity contribution in [2.75, 3.05) is 25.6 Å². The molecule has 0 atom stereocenters. The Morgan fingerprint density at radius 3 is 2.53 bits per heavy atom. The molecule has 0 unspecified atom stereocenters. The Morgan fingerprint density at radius 2 is 1.85 bits per heavy atom. The zero-order valence-electron chi connectivity index (χ0n) is 20.1. The van der Waals surface area contributed by atoms with Crippen LogP contribution in [0.5, 0.6) is 0 Å². The van der Waals surface area contributed by atoms with E-state index in [4.69, 9.17) is 9.97 Å². The van der Waals surface area contributed by atoms with Gasteiger partial charge in [0.25, 0.3) is 0 Å². The number of pyridine rings is 2. The zero-order valence-corrected chi connectivity index (χ0v) is 20.9. The number of thiazole rings is 1. The van der Waals surface area contributed by atoms with Crippen LogP contribution in [0.25, 0.3) is 10.3 Å². The molecule has 0 spiro atoms. The standard InChI is InChI=1S/C26H29N5O2S/c1-17-6-9-19(10-7-17)31(4)22-13-11-20-24(30-22)34-25(29-20)26(2,3)21-12-8-18(15-28-21)14-27-16-23(32)33-5/h6-13,15,27H,14,16H2,1-5H3. The van der Waals surface area contributed by atoms with Crippen molar-refractivity contribution in [1.82, 2.24) is 20.3 Å². The molecule has 7 nitrogen and oxygen atoms in total. The molecule has 4 rings (SSSR count). The molecule has 1 aromatic carbocycles. The number of benzene rings is 1. The molecule has 0 radical (unpaired) electrons. The summed E-state index contributed by atoms with van der Waals surface area (Å²) in [5.41, 5.74) is 4.77. The average molecular weight is 476 g/mol. The second kappa shape index (κ2) is 9.87. The highest BCUT2D eigenvalue weighted by atomic mass is 32.1. The van der Waals surface area contributed by atoms with Crippen LogP contribution in [-0.2, 0) is 21.5 Å². The van der Waals surface area contributed by atoms with Gasteiger partial charge < -0.3 is 15.0 Å². The number of ether oxygens (including phenoxy) is 1. The Hall–Kier alpha value is -3.36. The van der Waals surface area contributed by atoms with E-state index >= 15 is 0 Å². The van der Waals surface area contributed by atoms with Gasteiger partial charge in [0.2, 0.25) is 0 Å². The number of carbonyl (C=O) groups excluding carboxylic acids is 1. The second-order valence-corrected chi connectivity index (χ2v) is 9.74. The number of esters is 1. The van der Waals surface area contributed by atoms with E-state index in [0.717, 1.165) is 38.1 Å². The number of hydrogen-bond donors (Lipinski definition) is 1. The Morgan fingerprint density at radius 1 is 1.09 bits per heavy atom. The third kappa shape index (κ3) is 5.08. The molecule has 0 bridgehead atoms. The van der Waals surface area contributed by atoms with E-state index < -0.39 is 0 Å². The number of aryl methyl sites for hydroxylation is 1. The fourth-order valence-corrected chi connectivity index (χ4v) is 4.60. The largest absolute Gasteiger partial charge is 0.468 e. The maximum atomic E-state index is 11.2. The van der Waals surface area contributed by atoms with Crippen molar-refractivity contribution in [3.8, 4) is 0 Å². The van der Waals surface area contributed by atoms with Crippen LogP contribution in [0.2, 0.25) is 0 Å². The minimum Gasteiger partial charge on any atom is -0.468 e. The summed E-state index contributed by atoms with van der Waals surface area (Å²) in [6.07, 6.45) is 1.83. The summed E-state index contributed by atoms with van der Waals surface area (Å²) in [4.78, 5) is 28.7. The van der Waals surface area contributed by atoms with Gasteiger partial charge in [-0.3, -0.25) is 9.78 Å². The lowest BCUT2D eigenvalue weighted by molar-refractivity contribution is -0.139. The van der Waals surface area contributed by atoms with Gasteiger partial charge in [-0.05, 0) is 56.7 Å². The van der Waals surface area contributed by atoms with Gasteiger partial charge in [-0.2, -0.15) is 0 Å². The first-order valence-electron chi connectivity index (χ1n) is 11.1. The summed E-state index contributed by atoms with van der Waals surface area (Å²) in [7, 11) is 3.40. The average Bonchev–Trinajstić information content (AvgIpc) is 3.29. The fraction of sp³-hybridized carbons (Fsp3) is 0.308. The first-order chi connectivity index (χ1) is 16.3. The van der Waals surface area contributed by atoms with Crippen molar-refractivity contribution in [3.63, 3.8) is 0 Å². The number of aromatic nitrogens is 3. The number of fused-ring (bicyclic) bond motifs is 1. The highest BCUT2D eigenvalue weighted by molar-refractivity contribution is 7.18. The lowest BCUT2D eigenvalue weighted by Gasteiger charge is -2.21. The molecule has 0 aliphatic rings. The molecule has 0 saturated carbocycles. The molecule has 0 amide bonds. The fourth-order valence-electron chi connectivity index (χ4n) is 3.55. The maximum Gasteiger partial charge on any atom is 0.319 e. The van der Waals surface area contributed by atoms with Crippen LogP contribution in [0.15, 0.2) is 54.7 Å². The van der Waals surface area contributed by atoms with Gasteiger partial charge in [-0.15, -0.1) is 0 Å². The van der Waals surface area contributed by atoms with Crippen molar-refractivity contribution < 1.29 is 9.53 Å². The topological polar surface area (TPSA) is 80.2 Å². The Labute approximate surface area is 203 Å². The third-order valence-electron chi connectivity index (χ3n) is 5.83. The van der Waals surface area contributed by atoms with Crippen molar-refractivity contribution in [2.24, 2.45) is 0 Å². The number of nitrogens with zero attached hydrogens (tertiary/aromatic N) is 4. The molecule has 3 aromatic heterocycles. The molecule has 34 heavy (non-hydrogen) atoms. The molecule has 176 valence electrons. The number of carbonyl (C=O) groups is 1. The Kier molecular flexibility index (Phi) is 6.90. The SMILES string of the molecule is COC(=O)CNCc1ccc(C(C)(C)c2nc3ccc(N(C)c4ccc(C)cc4)nc3s2)nc1. The predicted octanol–water partition coefficient (Wildman–Crippen LogP) is 4.75. The normalized spacial score (nSPS) is 11.6. The van der Waals surface area contributed by atoms with Crippen LogP contribution in [0, 0.1) is 6.92 Å². The third-order valence-corrected chi connectivity index (χ3v) is 7.12. The summed E-state index contributed by atoms with van der Waals surface area (Å²) in [5.74, 6) is 0.592. The second-order valence-electron chi connectivity index (χ2n) is 8.76. The van der Waals surface area contributed by atoms with E-state index in [1.54, 1.807) is 11.3 Å². The summed E-state index contributed by atoms with van der Waals surface area (Å²) in [6.45, 7) is 7.05. The minimum atomic E-state index is -0.369. The number of methoxy groups -OCH3 is 1. The van der Waals surface area contributed by atoms with E-state index in [2.05, 4.69) is 65.0 Å². The Balaban J connectivity index is 1.53. The van der Waals surface area contributed by atoms with Crippen LogP contribution in [0.4, 0.5) is 11.5 Å². The zero-order chi connectivity index (χ0) is 24.3. The molecular weight excluding hydrogens is 446 g/mol. The first-order valence-corrected chi connectivity index (χ1v) is 11.9. The summed E-state index contributed by atoms with van der Waals surface area (Å²) < 4.78 is 4.64. The van der Waals surface area contributed by atoms with E-state index in [1.807, 2.05) is 37.5 Å². The molecule has 0 aliphatic carbocycles. The highest BCUT2D eigenvalue weighted by Crippen LogP contribution is 2.36. The maximum absolute atomic E-state index is 11.2. The quantitative estimate of drug-likeness (QED) is 0.368. The number of hydrogen-bond acceptors (Lipinski definition) is 8. The molecule has 0 fully saturated rings. The van der Waals surface area contributed by atoms with E-state index in [9.17, 15) is 4.79 Å². The van der Waals surface area contributed by atoms with Gasteiger partial charge in [-0.1, -0.05) is 35.1 Å². The number of nitrogens with one attached hydrogen (secondary N) is 1. The molecule has 4 aromatic rings. The molecule has 1 N–H and O–H groups in total. The van der Waals surface area contributed by atoms with Gasteiger partial charge in [0, 0.05) is 25.5 Å². The smallest absolute Gasteiger partial charge is 0.319 e. The van der Waals surface area contributed by atoms with Gasteiger partial charge >= 0.3 is 5.97 Å². The minimum absolute atomic E-state index is 0.170. The highest BCUT2D eigenvalue weighted by Gasteiger charge is 2.29. The van der Waals surface area contributed by atoms with Crippen LogP contribution in [0.1, 0.15) is 35.7 Å². The lowest BCUT2D eigenvalue weighted by Crippen LogP contribution is -2.24. The van der Waals surface area contributed by atoms with Crippen LogP contribution >= 0.6 is 11.3 Å². The monoisotopic (exact) mass is 475 g/mol. The van der Waals surface area contributed by atoms with Crippen molar-refractivity contribution in [1.29, 1.82) is 0 Å². The van der Waals surface area contributed by atoms with E-state index in [0.29, 0.717) is 6.54 Å². The molecular formula is C26H29N5O2S. The summed E-state index contributed by atoms with van der Waals surface area (Å²) in [6, 6.07) is 16.5. The van der Waals surface area contributed by atoms with Crippen LogP contribution in [0.3, 0.4) is 0 Å². The molecule has 8 heteroatoms. The van der Waals surface area contributed by atoms with Crippen molar-refractivity contribution >= 4 is 39.2 Å². The van der Waals surface area contributed by atoms with Crippen LogP contribution < -0.4 is 10.2 Å². The first kappa shape index (κ1) is 23.8. The number of rotatable bonds is 8. The number of anilines is 2. The van der Waals surface area contributed by atoms with Gasteiger partial charge in [0.05, 0.1) is 24.8 Å². The Bertz CT molecular complexity index is 1280. The summed E-state index contributed by atoms with van der Waals surface area (Å²) >= 11 is 1.60. The van der Waals surface area contributed by atoms with E-state index in [-0.39, 0.29) is 17.9 Å². The molecule has 0 saturated heterocycles. The van der Waals surface area contributed by atoms with E-state index in [1.165, 1.54) is 12.7 Å². The predicted molar refractivity (Wildman–Crippen MR) is 137 cm³/mol. The lowest BCUT2D eigenvalue weighted by atomic mass is 9.89. The summed E-state index contributed by atoms with van der Waals surface area (Å²) in [5, 5.41) is 4.02. The van der Waals surface area contributed by atoms with Crippen LogP contribution in [-0.4, -0.2) is 41.6 Å². The molecule has 0 aliphatic heterocycles. The van der Waals surface area contributed by atoms with Crippen molar-refractivity contribution in [3.05, 3.63) is 76.6 Å². The van der Waals surface area contributed by atoms with Crippen molar-refractivity contribution in [2.45, 2.75) is 32.7 Å². The van der Waals surface area contributed by atoms with Gasteiger partial charge in [0.1, 0.15) is 21.2 Å².